The Labute approximate surface area is 138 Å². The summed E-state index contributed by atoms with van der Waals surface area (Å²) in [5.41, 5.74) is 3.45. The number of nitrogens with zero attached hydrogens (tertiary/aromatic N) is 4. The molecule has 5 aliphatic rings. The van der Waals surface area contributed by atoms with Crippen LogP contribution in [0.25, 0.3) is 22.6 Å². The molecule has 0 N–H and O–H groups in total. The van der Waals surface area contributed by atoms with Crippen LogP contribution in [0.15, 0.2) is 33.4 Å². The molecule has 6 rings (SSSR count). The lowest BCUT2D eigenvalue weighted by atomic mass is 10.1. The van der Waals surface area contributed by atoms with E-state index in [9.17, 15) is 0 Å². The first kappa shape index (κ1) is 13.5. The van der Waals surface area contributed by atoms with Gasteiger partial charge in [0.05, 0.1) is 0 Å². The summed E-state index contributed by atoms with van der Waals surface area (Å²) in [7, 11) is 0. The number of piperidine rings is 1. The molecule has 0 radical (unpaired) electrons. The molecule has 0 saturated carbocycles. The lowest BCUT2D eigenvalue weighted by Gasteiger charge is -2.29. The first-order valence-electron chi connectivity index (χ1n) is 8.16. The van der Waals surface area contributed by atoms with Crippen molar-refractivity contribution in [3.63, 3.8) is 0 Å². The van der Waals surface area contributed by atoms with Crippen LogP contribution in [0.2, 0.25) is 0 Å². The van der Waals surface area contributed by atoms with Crippen molar-refractivity contribution in [3.05, 3.63) is 29.0 Å². The predicted octanol–water partition coefficient (Wildman–Crippen LogP) is 3.19. The van der Waals surface area contributed by atoms with Gasteiger partial charge in [0, 0.05) is 37.8 Å². The molecule has 0 spiro atoms. The van der Waals surface area contributed by atoms with Crippen LogP contribution in [0, 0.1) is 0 Å². The van der Waals surface area contributed by atoms with Gasteiger partial charge in [0.1, 0.15) is 0 Å². The first-order chi connectivity index (χ1) is 11.4. The molecule has 0 aromatic carbocycles. The van der Waals surface area contributed by atoms with E-state index in [0.29, 0.717) is 17.9 Å². The molecule has 118 valence electrons. The number of fused-ring (bicyclic) bond motifs is 5. The second kappa shape index (κ2) is 5.32. The van der Waals surface area contributed by atoms with E-state index in [4.69, 9.17) is 4.42 Å². The van der Waals surface area contributed by atoms with Crippen LogP contribution < -0.4 is 4.90 Å². The molecule has 0 unspecified atom stereocenters. The van der Waals surface area contributed by atoms with Crippen LogP contribution in [-0.4, -0.2) is 47.3 Å². The number of hydrogen-bond acceptors (Lipinski definition) is 6. The molecular weight excluding hydrogens is 308 g/mol. The normalized spacial score (nSPS) is 24.3. The SMILES string of the molecule is c1cc2c(-c3nnc(N4CCN5CCC4CC5)o3)ccc-2cs1. The summed E-state index contributed by atoms with van der Waals surface area (Å²) >= 11 is 1.70. The highest BCUT2D eigenvalue weighted by Crippen LogP contribution is 2.37. The summed E-state index contributed by atoms with van der Waals surface area (Å²) in [6.45, 7) is 4.46. The molecule has 0 atom stereocenters. The van der Waals surface area contributed by atoms with E-state index in [1.165, 1.54) is 37.1 Å². The van der Waals surface area contributed by atoms with E-state index < -0.39 is 0 Å². The topological polar surface area (TPSA) is 45.4 Å². The van der Waals surface area contributed by atoms with Crippen LogP contribution in [0.5, 0.6) is 0 Å². The van der Waals surface area contributed by atoms with Gasteiger partial charge in [-0.25, -0.2) is 0 Å². The molecule has 4 aliphatic heterocycles. The summed E-state index contributed by atoms with van der Waals surface area (Å²) in [6.07, 6.45) is 2.39. The van der Waals surface area contributed by atoms with Crippen LogP contribution in [0.1, 0.15) is 12.8 Å². The van der Waals surface area contributed by atoms with Crippen molar-refractivity contribution in [1.29, 1.82) is 0 Å². The Bertz CT molecular complexity index is 789. The maximum absolute atomic E-state index is 6.07. The Hall–Kier alpha value is -1.92. The Morgan fingerprint density at radius 2 is 1.91 bits per heavy atom. The molecule has 1 aromatic rings. The molecule has 2 bridgehead atoms. The van der Waals surface area contributed by atoms with E-state index in [-0.39, 0.29) is 0 Å². The van der Waals surface area contributed by atoms with Gasteiger partial charge >= 0.3 is 6.01 Å². The molecule has 6 heteroatoms. The molecule has 1 aromatic heterocycles. The zero-order valence-corrected chi connectivity index (χ0v) is 13.6. The summed E-state index contributed by atoms with van der Waals surface area (Å²) in [4.78, 5) is 4.84. The molecule has 3 fully saturated rings. The molecule has 5 heterocycles. The van der Waals surface area contributed by atoms with Crippen molar-refractivity contribution in [3.8, 4) is 22.6 Å². The molecule has 1 aliphatic carbocycles. The zero-order valence-electron chi connectivity index (χ0n) is 12.8. The lowest BCUT2D eigenvalue weighted by Crippen LogP contribution is -2.38. The molecule has 0 amide bonds. The minimum Gasteiger partial charge on any atom is -0.403 e. The van der Waals surface area contributed by atoms with E-state index in [1.807, 2.05) is 0 Å². The fourth-order valence-corrected chi connectivity index (χ4v) is 4.43. The third-order valence-corrected chi connectivity index (χ3v) is 5.77. The predicted molar refractivity (Wildman–Crippen MR) is 91.0 cm³/mol. The Balaban J connectivity index is 1.48. The minimum absolute atomic E-state index is 0.542. The molecule has 3 saturated heterocycles. The van der Waals surface area contributed by atoms with Crippen molar-refractivity contribution in [1.82, 2.24) is 15.1 Å². The summed E-state index contributed by atoms with van der Waals surface area (Å²) in [6, 6.07) is 7.54. The van der Waals surface area contributed by atoms with Crippen LogP contribution in [0.4, 0.5) is 6.01 Å². The van der Waals surface area contributed by atoms with Gasteiger partial charge in [0.25, 0.3) is 0 Å². The smallest absolute Gasteiger partial charge is 0.318 e. The van der Waals surface area contributed by atoms with Gasteiger partial charge in [-0.05, 0) is 46.9 Å². The van der Waals surface area contributed by atoms with Gasteiger partial charge in [-0.2, -0.15) is 11.3 Å². The highest BCUT2D eigenvalue weighted by molar-refractivity contribution is 7.07. The quantitative estimate of drug-likeness (QED) is 0.724. The number of rotatable bonds is 2. The van der Waals surface area contributed by atoms with Crippen molar-refractivity contribution in [2.45, 2.75) is 18.9 Å². The fraction of sp³-hybridized carbons (Fsp3) is 0.412. The molecule has 5 nitrogen and oxygen atoms in total. The van der Waals surface area contributed by atoms with Crippen molar-refractivity contribution in [2.75, 3.05) is 31.1 Å². The Morgan fingerprint density at radius 3 is 2.83 bits per heavy atom. The summed E-state index contributed by atoms with van der Waals surface area (Å²) in [5, 5.41) is 12.9. The third kappa shape index (κ3) is 2.24. The molecule has 23 heavy (non-hydrogen) atoms. The van der Waals surface area contributed by atoms with Gasteiger partial charge in [-0.1, -0.05) is 11.2 Å². The summed E-state index contributed by atoms with van der Waals surface area (Å²) < 4.78 is 6.07. The highest BCUT2D eigenvalue weighted by atomic mass is 32.1. The van der Waals surface area contributed by atoms with Crippen LogP contribution >= 0.6 is 11.3 Å². The van der Waals surface area contributed by atoms with Gasteiger partial charge < -0.3 is 14.2 Å². The van der Waals surface area contributed by atoms with Gasteiger partial charge in [0.15, 0.2) is 0 Å². The lowest BCUT2D eigenvalue weighted by molar-refractivity contribution is 0.249. The van der Waals surface area contributed by atoms with Gasteiger partial charge in [0.2, 0.25) is 5.89 Å². The standard InChI is InChI=1S/C17H18N4OS/c1-2-15(14-5-10-23-11-12(1)14)16-18-19-17(22-16)21-9-8-20-6-3-13(21)4-7-20/h1-2,5,10-11,13H,3-4,6-9H2. The zero-order chi connectivity index (χ0) is 15.2. The van der Waals surface area contributed by atoms with E-state index in [0.717, 1.165) is 18.7 Å². The fourth-order valence-electron chi connectivity index (χ4n) is 3.78. The van der Waals surface area contributed by atoms with Gasteiger partial charge in [-0.3, -0.25) is 0 Å². The second-order valence-electron chi connectivity index (χ2n) is 6.33. The monoisotopic (exact) mass is 326 g/mol. The van der Waals surface area contributed by atoms with Crippen molar-refractivity contribution < 1.29 is 4.42 Å². The van der Waals surface area contributed by atoms with E-state index >= 15 is 0 Å². The average molecular weight is 326 g/mol. The number of aromatic nitrogens is 2. The molecular formula is C17H18N4OS. The highest BCUT2D eigenvalue weighted by Gasteiger charge is 2.32. The van der Waals surface area contributed by atoms with E-state index in [2.05, 4.69) is 49.0 Å². The third-order valence-electron chi connectivity index (χ3n) is 5.08. The second-order valence-corrected chi connectivity index (χ2v) is 7.11. The van der Waals surface area contributed by atoms with E-state index in [1.54, 1.807) is 11.3 Å². The van der Waals surface area contributed by atoms with Crippen LogP contribution in [-0.2, 0) is 0 Å². The Morgan fingerprint density at radius 1 is 1.00 bits per heavy atom. The maximum Gasteiger partial charge on any atom is 0.318 e. The number of hydrogen-bond donors (Lipinski definition) is 0. The van der Waals surface area contributed by atoms with Gasteiger partial charge in [-0.15, -0.1) is 5.10 Å². The Kier molecular flexibility index (Phi) is 3.12. The summed E-state index contributed by atoms with van der Waals surface area (Å²) in [5.74, 6) is 0.630. The van der Waals surface area contributed by atoms with Crippen molar-refractivity contribution >= 4 is 17.4 Å². The number of anilines is 1. The first-order valence-corrected chi connectivity index (χ1v) is 9.10. The average Bonchev–Trinajstić information content (AvgIpc) is 3.13. The van der Waals surface area contributed by atoms with Crippen LogP contribution in [0.3, 0.4) is 0 Å². The van der Waals surface area contributed by atoms with Crippen molar-refractivity contribution in [2.24, 2.45) is 0 Å². The minimum atomic E-state index is 0.542. The largest absolute Gasteiger partial charge is 0.403 e. The maximum atomic E-state index is 6.07.